The molecule has 6 nitrogen and oxygen atoms in total. The van der Waals surface area contributed by atoms with Gasteiger partial charge in [0.1, 0.15) is 0 Å². The van der Waals surface area contributed by atoms with Crippen LogP contribution in [0.2, 0.25) is 0 Å². The van der Waals surface area contributed by atoms with E-state index < -0.39 is 12.0 Å². The average Bonchev–Trinajstić information content (AvgIpc) is 2.38. The van der Waals surface area contributed by atoms with Gasteiger partial charge in [0.05, 0.1) is 17.9 Å². The Hall–Kier alpha value is -1.60. The first-order valence-electron chi connectivity index (χ1n) is 6.00. The van der Waals surface area contributed by atoms with Gasteiger partial charge in [-0.3, -0.25) is 0 Å². The second-order valence-electron chi connectivity index (χ2n) is 4.39. The predicted molar refractivity (Wildman–Crippen MR) is 79.2 cm³/mol. The quantitative estimate of drug-likeness (QED) is 0.739. The van der Waals surface area contributed by atoms with Crippen LogP contribution in [-0.4, -0.2) is 37.4 Å². The first-order valence-corrected chi connectivity index (χ1v) is 6.80. The van der Waals surface area contributed by atoms with Crippen LogP contribution in [-0.2, 0) is 4.74 Å². The van der Waals surface area contributed by atoms with E-state index in [1.54, 1.807) is 13.2 Å². The minimum Gasteiger partial charge on any atom is -0.478 e. The van der Waals surface area contributed by atoms with Crippen molar-refractivity contribution in [3.05, 3.63) is 28.2 Å². The van der Waals surface area contributed by atoms with Crippen LogP contribution in [0.5, 0.6) is 0 Å². The average molecular weight is 345 g/mol. The standard InChI is InChI=1S/C13H17BrN2O4/c1-8(7-20-2)6-15-13(19)16-11-4-3-9(14)5-10(11)12(17)18/h3-5,8H,6-7H2,1-2H3,(H,17,18)(H2,15,16,19). The maximum Gasteiger partial charge on any atom is 0.337 e. The molecule has 1 rings (SSSR count). The maximum absolute atomic E-state index is 11.7. The Morgan fingerprint density at radius 2 is 2.15 bits per heavy atom. The molecule has 0 bridgehead atoms. The lowest BCUT2D eigenvalue weighted by Gasteiger charge is -2.13. The van der Waals surface area contributed by atoms with Gasteiger partial charge < -0.3 is 20.5 Å². The van der Waals surface area contributed by atoms with Crippen LogP contribution in [0.4, 0.5) is 10.5 Å². The summed E-state index contributed by atoms with van der Waals surface area (Å²) < 4.78 is 5.60. The van der Waals surface area contributed by atoms with Crippen LogP contribution < -0.4 is 10.6 Å². The Balaban J connectivity index is 2.64. The Morgan fingerprint density at radius 3 is 2.75 bits per heavy atom. The van der Waals surface area contributed by atoms with Crippen molar-refractivity contribution < 1.29 is 19.4 Å². The fourth-order valence-corrected chi connectivity index (χ4v) is 1.94. The van der Waals surface area contributed by atoms with Gasteiger partial charge in [-0.2, -0.15) is 0 Å². The lowest BCUT2D eigenvalue weighted by atomic mass is 10.2. The Kier molecular flexibility index (Phi) is 6.47. The third-order valence-corrected chi connectivity index (χ3v) is 3.02. The van der Waals surface area contributed by atoms with Crippen molar-refractivity contribution in [2.45, 2.75) is 6.92 Å². The first kappa shape index (κ1) is 16.5. The lowest BCUT2D eigenvalue weighted by Crippen LogP contribution is -2.33. The van der Waals surface area contributed by atoms with Crippen molar-refractivity contribution in [2.24, 2.45) is 5.92 Å². The molecule has 20 heavy (non-hydrogen) atoms. The van der Waals surface area contributed by atoms with E-state index >= 15 is 0 Å². The van der Waals surface area contributed by atoms with E-state index in [1.807, 2.05) is 6.92 Å². The molecule has 0 aliphatic rings. The molecule has 2 amide bonds. The molecular weight excluding hydrogens is 328 g/mol. The highest BCUT2D eigenvalue weighted by molar-refractivity contribution is 9.10. The number of carboxylic acid groups (broad SMARTS) is 1. The smallest absolute Gasteiger partial charge is 0.337 e. The van der Waals surface area contributed by atoms with Gasteiger partial charge in [-0.1, -0.05) is 22.9 Å². The zero-order valence-corrected chi connectivity index (χ0v) is 12.9. The molecule has 110 valence electrons. The summed E-state index contributed by atoms with van der Waals surface area (Å²) >= 11 is 3.19. The predicted octanol–water partition coefficient (Wildman–Crippen LogP) is 2.55. The number of benzene rings is 1. The van der Waals surface area contributed by atoms with Crippen molar-refractivity contribution in [2.75, 3.05) is 25.6 Å². The summed E-state index contributed by atoms with van der Waals surface area (Å²) in [7, 11) is 1.59. The third kappa shape index (κ3) is 5.18. The summed E-state index contributed by atoms with van der Waals surface area (Å²) in [6.07, 6.45) is 0. The summed E-state index contributed by atoms with van der Waals surface area (Å²) in [5.41, 5.74) is 0.275. The molecule has 0 aliphatic carbocycles. The fraction of sp³-hybridized carbons (Fsp3) is 0.385. The number of carboxylic acids is 1. The number of rotatable bonds is 6. The number of nitrogens with one attached hydrogen (secondary N) is 2. The molecule has 7 heteroatoms. The Bertz CT molecular complexity index is 493. The highest BCUT2D eigenvalue weighted by Gasteiger charge is 2.13. The number of carbonyl (C=O) groups is 2. The van der Waals surface area contributed by atoms with E-state index in [0.29, 0.717) is 17.6 Å². The normalized spacial score (nSPS) is 11.8. The lowest BCUT2D eigenvalue weighted by molar-refractivity contribution is 0.0698. The van der Waals surface area contributed by atoms with Crippen molar-refractivity contribution in [1.82, 2.24) is 5.32 Å². The van der Waals surface area contributed by atoms with Gasteiger partial charge in [-0.25, -0.2) is 9.59 Å². The van der Waals surface area contributed by atoms with Gasteiger partial charge in [-0.05, 0) is 24.1 Å². The van der Waals surface area contributed by atoms with Crippen molar-refractivity contribution in [1.29, 1.82) is 0 Å². The number of hydrogen-bond acceptors (Lipinski definition) is 3. The summed E-state index contributed by atoms with van der Waals surface area (Å²) in [5, 5.41) is 14.3. The molecule has 0 heterocycles. The minimum atomic E-state index is -1.10. The molecule has 1 atom stereocenters. The van der Waals surface area contributed by atoms with Crippen molar-refractivity contribution in [3.8, 4) is 0 Å². The van der Waals surface area contributed by atoms with Gasteiger partial charge in [0.25, 0.3) is 0 Å². The molecule has 3 N–H and O–H groups in total. The van der Waals surface area contributed by atoms with Crippen LogP contribution in [0.15, 0.2) is 22.7 Å². The van der Waals surface area contributed by atoms with Gasteiger partial charge in [-0.15, -0.1) is 0 Å². The van der Waals surface area contributed by atoms with Crippen molar-refractivity contribution >= 4 is 33.6 Å². The highest BCUT2D eigenvalue weighted by Crippen LogP contribution is 2.21. The number of methoxy groups -OCH3 is 1. The SMILES string of the molecule is COCC(C)CNC(=O)Nc1ccc(Br)cc1C(=O)O. The van der Waals surface area contributed by atoms with Gasteiger partial charge in [0.2, 0.25) is 0 Å². The summed E-state index contributed by atoms with van der Waals surface area (Å²) in [4.78, 5) is 22.8. The van der Waals surface area contributed by atoms with E-state index in [4.69, 9.17) is 9.84 Å². The number of ether oxygens (including phenoxy) is 1. The molecular formula is C13H17BrN2O4. The number of amides is 2. The maximum atomic E-state index is 11.7. The van der Waals surface area contributed by atoms with Crippen LogP contribution in [0.3, 0.4) is 0 Å². The Morgan fingerprint density at radius 1 is 1.45 bits per heavy atom. The second kappa shape index (κ2) is 7.86. The molecule has 1 aromatic rings. The molecule has 0 aromatic heterocycles. The number of anilines is 1. The van der Waals surface area contributed by atoms with E-state index in [2.05, 4.69) is 26.6 Å². The van der Waals surface area contributed by atoms with E-state index in [9.17, 15) is 9.59 Å². The minimum absolute atomic E-state index is 0.0273. The topological polar surface area (TPSA) is 87.7 Å². The van der Waals surface area contributed by atoms with Crippen LogP contribution in [0.1, 0.15) is 17.3 Å². The fourth-order valence-electron chi connectivity index (χ4n) is 1.58. The zero-order chi connectivity index (χ0) is 15.1. The van der Waals surface area contributed by atoms with Crippen LogP contribution >= 0.6 is 15.9 Å². The van der Waals surface area contributed by atoms with E-state index in [0.717, 1.165) is 0 Å². The number of carbonyl (C=O) groups excluding carboxylic acids is 1. The van der Waals surface area contributed by atoms with Crippen LogP contribution in [0.25, 0.3) is 0 Å². The zero-order valence-electron chi connectivity index (χ0n) is 11.3. The first-order chi connectivity index (χ1) is 9.43. The van der Waals surface area contributed by atoms with Gasteiger partial charge >= 0.3 is 12.0 Å². The monoisotopic (exact) mass is 344 g/mol. The van der Waals surface area contributed by atoms with Crippen LogP contribution in [0, 0.1) is 5.92 Å². The number of halogens is 1. The molecule has 1 aromatic carbocycles. The number of hydrogen-bond donors (Lipinski definition) is 3. The largest absolute Gasteiger partial charge is 0.478 e. The molecule has 0 spiro atoms. The molecule has 0 fully saturated rings. The molecule has 0 saturated heterocycles. The van der Waals surface area contributed by atoms with Gasteiger partial charge in [0.15, 0.2) is 0 Å². The molecule has 0 radical (unpaired) electrons. The van der Waals surface area contributed by atoms with Crippen molar-refractivity contribution in [3.63, 3.8) is 0 Å². The Labute approximate surface area is 125 Å². The summed E-state index contributed by atoms with van der Waals surface area (Å²) in [5.74, 6) is -0.927. The van der Waals surface area contributed by atoms with Gasteiger partial charge in [0, 0.05) is 18.1 Å². The molecule has 0 saturated carbocycles. The van der Waals surface area contributed by atoms with E-state index in [1.165, 1.54) is 12.1 Å². The number of urea groups is 1. The molecule has 0 aliphatic heterocycles. The summed E-state index contributed by atoms with van der Waals surface area (Å²) in [6.45, 7) is 2.92. The molecule has 1 unspecified atom stereocenters. The third-order valence-electron chi connectivity index (χ3n) is 2.52. The highest BCUT2D eigenvalue weighted by atomic mass is 79.9. The van der Waals surface area contributed by atoms with E-state index in [-0.39, 0.29) is 17.2 Å². The second-order valence-corrected chi connectivity index (χ2v) is 5.31. The number of aromatic carboxylic acids is 1. The summed E-state index contributed by atoms with van der Waals surface area (Å²) in [6, 6.07) is 4.19.